The van der Waals surface area contributed by atoms with E-state index >= 15 is 0 Å². The molecule has 5 nitrogen and oxygen atoms in total. The highest BCUT2D eigenvalue weighted by Crippen LogP contribution is 2.23. The van der Waals surface area contributed by atoms with Gasteiger partial charge in [0.05, 0.1) is 12.2 Å². The number of nitrogens with zero attached hydrogens (tertiary/aromatic N) is 3. The number of thiazole rings is 1. The van der Waals surface area contributed by atoms with Gasteiger partial charge >= 0.3 is 0 Å². The van der Waals surface area contributed by atoms with Gasteiger partial charge in [-0.15, -0.1) is 11.3 Å². The van der Waals surface area contributed by atoms with Crippen LogP contribution in [0.1, 0.15) is 31.5 Å². The molecule has 2 aromatic heterocycles. The Morgan fingerprint density at radius 3 is 2.59 bits per heavy atom. The van der Waals surface area contributed by atoms with Crippen LogP contribution >= 0.6 is 11.3 Å². The van der Waals surface area contributed by atoms with Gasteiger partial charge in [0.1, 0.15) is 5.01 Å². The molecule has 0 amide bonds. The molecule has 2 N–H and O–H groups in total. The van der Waals surface area contributed by atoms with Crippen molar-refractivity contribution in [1.82, 2.24) is 20.2 Å². The normalized spacial score (nSPS) is 12.5. The molecule has 0 aliphatic heterocycles. The van der Waals surface area contributed by atoms with E-state index in [9.17, 15) is 0 Å². The molecule has 0 bridgehead atoms. The number of guanidine groups is 1. The van der Waals surface area contributed by atoms with E-state index in [1.165, 1.54) is 0 Å². The Bertz CT molecular complexity index is 592. The lowest BCUT2D eigenvalue weighted by molar-refractivity contribution is 0.570. The lowest BCUT2D eigenvalue weighted by Crippen LogP contribution is -2.38. The highest BCUT2D eigenvalue weighted by molar-refractivity contribution is 7.09. The molecule has 0 aromatic carbocycles. The predicted octanol–water partition coefficient (Wildman–Crippen LogP) is 2.61. The average molecular weight is 319 g/mol. The van der Waals surface area contributed by atoms with E-state index < -0.39 is 0 Å². The van der Waals surface area contributed by atoms with Crippen molar-refractivity contribution in [3.05, 3.63) is 40.6 Å². The number of nitrogens with one attached hydrogen (secondary N) is 2. The van der Waals surface area contributed by atoms with Crippen LogP contribution in [0.2, 0.25) is 0 Å². The molecule has 120 valence electrons. The summed E-state index contributed by atoms with van der Waals surface area (Å²) in [6.45, 7) is 8.99. The summed E-state index contributed by atoms with van der Waals surface area (Å²) in [6, 6.07) is 4.06. The first-order valence-corrected chi connectivity index (χ1v) is 8.37. The van der Waals surface area contributed by atoms with Crippen molar-refractivity contribution in [2.45, 2.75) is 39.3 Å². The van der Waals surface area contributed by atoms with Gasteiger partial charge in [-0.1, -0.05) is 20.8 Å². The van der Waals surface area contributed by atoms with Crippen LogP contribution in [0.5, 0.6) is 0 Å². The van der Waals surface area contributed by atoms with Crippen molar-refractivity contribution < 1.29 is 0 Å². The molecule has 6 heteroatoms. The summed E-state index contributed by atoms with van der Waals surface area (Å²) >= 11 is 1.69. The van der Waals surface area contributed by atoms with Crippen LogP contribution in [0.3, 0.4) is 0 Å². The minimum atomic E-state index is 0.103. The zero-order chi connectivity index (χ0) is 16.0. The van der Waals surface area contributed by atoms with Crippen molar-refractivity contribution in [3.63, 3.8) is 0 Å². The summed E-state index contributed by atoms with van der Waals surface area (Å²) in [7, 11) is 1.79. The van der Waals surface area contributed by atoms with Crippen LogP contribution in [-0.4, -0.2) is 29.1 Å². The Kier molecular flexibility index (Phi) is 5.60. The topological polar surface area (TPSA) is 54.2 Å². The minimum Gasteiger partial charge on any atom is -0.355 e. The van der Waals surface area contributed by atoms with Crippen LogP contribution in [0.25, 0.3) is 0 Å². The molecule has 0 fully saturated rings. The Morgan fingerprint density at radius 2 is 2.00 bits per heavy atom. The molecule has 2 heterocycles. The molecule has 0 unspecified atom stereocenters. The zero-order valence-corrected chi connectivity index (χ0v) is 14.6. The highest BCUT2D eigenvalue weighted by Gasteiger charge is 2.17. The van der Waals surface area contributed by atoms with Gasteiger partial charge in [-0.3, -0.25) is 4.99 Å². The monoisotopic (exact) mass is 319 g/mol. The van der Waals surface area contributed by atoms with Gasteiger partial charge in [-0.25, -0.2) is 4.98 Å². The number of hydrogen-bond donors (Lipinski definition) is 2. The third-order valence-corrected chi connectivity index (χ3v) is 4.13. The summed E-state index contributed by atoms with van der Waals surface area (Å²) in [5.41, 5.74) is 1.25. The summed E-state index contributed by atoms with van der Waals surface area (Å²) in [5.74, 6) is 0.805. The number of aliphatic imine (C=N–C) groups is 1. The predicted molar refractivity (Wildman–Crippen MR) is 93.4 cm³/mol. The fourth-order valence-corrected chi connectivity index (χ4v) is 2.90. The molecule has 2 rings (SSSR count). The van der Waals surface area contributed by atoms with Crippen LogP contribution in [0, 0.1) is 0 Å². The third-order valence-electron chi connectivity index (χ3n) is 3.28. The van der Waals surface area contributed by atoms with E-state index in [0.717, 1.165) is 29.8 Å². The van der Waals surface area contributed by atoms with E-state index in [2.05, 4.69) is 63.7 Å². The molecular formula is C16H25N5S. The number of rotatable bonds is 5. The maximum atomic E-state index is 4.68. The molecule has 22 heavy (non-hydrogen) atoms. The third kappa shape index (κ3) is 4.87. The van der Waals surface area contributed by atoms with Crippen LogP contribution in [0.15, 0.2) is 34.9 Å². The van der Waals surface area contributed by atoms with E-state index in [0.29, 0.717) is 6.54 Å². The molecule has 0 radical (unpaired) electrons. The van der Waals surface area contributed by atoms with Gasteiger partial charge in [0.15, 0.2) is 5.96 Å². The lowest BCUT2D eigenvalue weighted by Gasteiger charge is -2.14. The van der Waals surface area contributed by atoms with Crippen molar-refractivity contribution in [3.8, 4) is 0 Å². The first kappa shape index (κ1) is 16.5. The quantitative estimate of drug-likeness (QED) is 0.658. The second-order valence-corrected chi connectivity index (χ2v) is 7.09. The van der Waals surface area contributed by atoms with Crippen LogP contribution in [-0.2, 0) is 18.5 Å². The SMILES string of the molecule is CN=C(NCCn1cccc1)NCc1nc(C(C)(C)C)cs1. The summed E-state index contributed by atoms with van der Waals surface area (Å²) in [6.07, 6.45) is 4.11. The molecule has 0 saturated heterocycles. The van der Waals surface area contributed by atoms with Crippen LogP contribution < -0.4 is 10.6 Å². The Labute approximate surface area is 136 Å². The standard InChI is InChI=1S/C16H25N5S/c1-16(2,3)13-12-22-14(20-13)11-19-15(17-4)18-7-10-21-8-5-6-9-21/h5-6,8-9,12H,7,10-11H2,1-4H3,(H2,17,18,19). The van der Waals surface area contributed by atoms with E-state index in [-0.39, 0.29) is 5.41 Å². The molecule has 2 aromatic rings. The summed E-state index contributed by atoms with van der Waals surface area (Å²) in [4.78, 5) is 8.92. The number of aromatic nitrogens is 2. The smallest absolute Gasteiger partial charge is 0.191 e. The average Bonchev–Trinajstić information content (AvgIpc) is 3.13. The van der Waals surface area contributed by atoms with Crippen LogP contribution in [0.4, 0.5) is 0 Å². The van der Waals surface area contributed by atoms with Crippen molar-refractivity contribution >= 4 is 17.3 Å². The van der Waals surface area contributed by atoms with Gasteiger partial charge in [0.2, 0.25) is 0 Å². The zero-order valence-electron chi connectivity index (χ0n) is 13.8. The second kappa shape index (κ2) is 7.45. The van der Waals surface area contributed by atoms with E-state index in [1.807, 2.05) is 12.1 Å². The minimum absolute atomic E-state index is 0.103. The van der Waals surface area contributed by atoms with Gasteiger partial charge in [0, 0.05) is 43.3 Å². The molecule has 0 aliphatic carbocycles. The summed E-state index contributed by atoms with van der Waals surface area (Å²) in [5, 5.41) is 9.84. The van der Waals surface area contributed by atoms with Gasteiger partial charge in [-0.2, -0.15) is 0 Å². The van der Waals surface area contributed by atoms with Gasteiger partial charge < -0.3 is 15.2 Å². The highest BCUT2D eigenvalue weighted by atomic mass is 32.1. The van der Waals surface area contributed by atoms with Crippen molar-refractivity contribution in [1.29, 1.82) is 0 Å². The molecule has 0 saturated carbocycles. The van der Waals surface area contributed by atoms with E-state index in [1.54, 1.807) is 18.4 Å². The largest absolute Gasteiger partial charge is 0.355 e. The van der Waals surface area contributed by atoms with E-state index in [4.69, 9.17) is 0 Å². The fourth-order valence-electron chi connectivity index (χ4n) is 1.94. The molecular weight excluding hydrogens is 294 g/mol. The molecule has 0 spiro atoms. The Balaban J connectivity index is 1.77. The van der Waals surface area contributed by atoms with Crippen molar-refractivity contribution in [2.75, 3.05) is 13.6 Å². The van der Waals surface area contributed by atoms with Gasteiger partial charge in [-0.05, 0) is 12.1 Å². The lowest BCUT2D eigenvalue weighted by atomic mass is 9.93. The first-order valence-electron chi connectivity index (χ1n) is 7.49. The van der Waals surface area contributed by atoms with Gasteiger partial charge in [0.25, 0.3) is 0 Å². The molecule has 0 atom stereocenters. The molecule has 0 aliphatic rings. The second-order valence-electron chi connectivity index (χ2n) is 6.15. The first-order chi connectivity index (χ1) is 10.5. The summed E-state index contributed by atoms with van der Waals surface area (Å²) < 4.78 is 2.14. The van der Waals surface area contributed by atoms with Crippen molar-refractivity contribution in [2.24, 2.45) is 4.99 Å². The number of hydrogen-bond acceptors (Lipinski definition) is 3. The maximum absolute atomic E-state index is 4.68. The maximum Gasteiger partial charge on any atom is 0.191 e. The Hall–Kier alpha value is -1.82. The fraction of sp³-hybridized carbons (Fsp3) is 0.500. The Morgan fingerprint density at radius 1 is 1.27 bits per heavy atom.